The van der Waals surface area contributed by atoms with E-state index in [4.69, 9.17) is 12.2 Å². The fourth-order valence-electron chi connectivity index (χ4n) is 0.883. The molecule has 1 atom stereocenters. The third-order valence-corrected chi connectivity index (χ3v) is 1.60. The Bertz CT molecular complexity index is 269. The molecule has 0 aliphatic carbocycles. The Kier molecular flexibility index (Phi) is 4.43. The molecule has 0 aromatic heterocycles. The van der Waals surface area contributed by atoms with Crippen molar-refractivity contribution in [2.45, 2.75) is 13.0 Å². The SMILES string of the molecule is C#Cc1ccc(C(C)N)cc1.Cl. The van der Waals surface area contributed by atoms with Crippen LogP contribution in [-0.2, 0) is 0 Å². The first kappa shape index (κ1) is 11.0. The topological polar surface area (TPSA) is 26.0 Å². The Morgan fingerprint density at radius 2 is 1.83 bits per heavy atom. The zero-order chi connectivity index (χ0) is 8.27. The van der Waals surface area contributed by atoms with Gasteiger partial charge in [-0.2, -0.15) is 0 Å². The van der Waals surface area contributed by atoms with E-state index in [9.17, 15) is 0 Å². The van der Waals surface area contributed by atoms with Crippen LogP contribution in [0.5, 0.6) is 0 Å². The average Bonchev–Trinajstić information content (AvgIpc) is 2.05. The lowest BCUT2D eigenvalue weighted by Crippen LogP contribution is -2.04. The molecule has 0 heterocycles. The lowest BCUT2D eigenvalue weighted by Gasteiger charge is -2.03. The second-order valence-corrected chi connectivity index (χ2v) is 2.56. The van der Waals surface area contributed by atoms with Gasteiger partial charge in [0.15, 0.2) is 0 Å². The molecule has 2 N–H and O–H groups in total. The van der Waals surface area contributed by atoms with Crippen molar-refractivity contribution >= 4 is 12.4 Å². The van der Waals surface area contributed by atoms with Gasteiger partial charge < -0.3 is 5.73 Å². The maximum absolute atomic E-state index is 5.65. The molecule has 0 amide bonds. The van der Waals surface area contributed by atoms with Gasteiger partial charge in [0.25, 0.3) is 0 Å². The molecule has 1 unspecified atom stereocenters. The van der Waals surface area contributed by atoms with Crippen molar-refractivity contribution < 1.29 is 0 Å². The molecule has 0 bridgehead atoms. The van der Waals surface area contributed by atoms with Crippen molar-refractivity contribution in [1.29, 1.82) is 0 Å². The van der Waals surface area contributed by atoms with E-state index in [1.54, 1.807) is 0 Å². The summed E-state index contributed by atoms with van der Waals surface area (Å²) in [7, 11) is 0. The Hall–Kier alpha value is -0.970. The van der Waals surface area contributed by atoms with Crippen LogP contribution in [0.1, 0.15) is 24.1 Å². The molecule has 0 fully saturated rings. The van der Waals surface area contributed by atoms with Gasteiger partial charge in [-0.25, -0.2) is 0 Å². The zero-order valence-electron chi connectivity index (χ0n) is 6.95. The van der Waals surface area contributed by atoms with Crippen molar-refractivity contribution in [2.75, 3.05) is 0 Å². The van der Waals surface area contributed by atoms with E-state index >= 15 is 0 Å². The smallest absolute Gasteiger partial charge is 0.0266 e. The number of nitrogens with two attached hydrogens (primary N) is 1. The molecule has 2 heteroatoms. The van der Waals surface area contributed by atoms with Crippen molar-refractivity contribution in [2.24, 2.45) is 5.73 Å². The minimum Gasteiger partial charge on any atom is -0.324 e. The van der Waals surface area contributed by atoms with Crippen LogP contribution in [0.4, 0.5) is 0 Å². The number of rotatable bonds is 1. The number of hydrogen-bond acceptors (Lipinski definition) is 1. The van der Waals surface area contributed by atoms with Crippen molar-refractivity contribution in [3.63, 3.8) is 0 Å². The van der Waals surface area contributed by atoms with E-state index in [-0.39, 0.29) is 18.4 Å². The summed E-state index contributed by atoms with van der Waals surface area (Å²) in [6.45, 7) is 1.95. The maximum Gasteiger partial charge on any atom is 0.0266 e. The van der Waals surface area contributed by atoms with E-state index in [0.29, 0.717) is 0 Å². The van der Waals surface area contributed by atoms with Gasteiger partial charge in [0.2, 0.25) is 0 Å². The molecule has 0 spiro atoms. The highest BCUT2D eigenvalue weighted by Gasteiger charge is 1.96. The van der Waals surface area contributed by atoms with E-state index in [2.05, 4.69) is 5.92 Å². The summed E-state index contributed by atoms with van der Waals surface area (Å²) in [6.07, 6.45) is 5.19. The Balaban J connectivity index is 0.00000121. The van der Waals surface area contributed by atoms with Crippen LogP contribution in [0.15, 0.2) is 24.3 Å². The monoisotopic (exact) mass is 181 g/mol. The fraction of sp³-hybridized carbons (Fsp3) is 0.200. The van der Waals surface area contributed by atoms with Crippen LogP contribution >= 0.6 is 12.4 Å². The number of halogens is 1. The minimum atomic E-state index is 0. The molecule has 1 aromatic carbocycles. The summed E-state index contributed by atoms with van der Waals surface area (Å²) < 4.78 is 0. The molecule has 0 saturated heterocycles. The number of terminal acetylenes is 1. The molecular weight excluding hydrogens is 170 g/mol. The highest BCUT2D eigenvalue weighted by atomic mass is 35.5. The van der Waals surface area contributed by atoms with E-state index in [0.717, 1.165) is 11.1 Å². The Morgan fingerprint density at radius 3 is 2.17 bits per heavy atom. The number of benzene rings is 1. The summed E-state index contributed by atoms with van der Waals surface area (Å²) >= 11 is 0. The van der Waals surface area contributed by atoms with Gasteiger partial charge in [-0.1, -0.05) is 18.1 Å². The van der Waals surface area contributed by atoms with Crippen LogP contribution in [0, 0.1) is 12.3 Å². The molecular formula is C10H12ClN. The molecule has 1 aromatic rings. The van der Waals surface area contributed by atoms with Gasteiger partial charge in [-0.3, -0.25) is 0 Å². The predicted octanol–water partition coefficient (Wildman–Crippen LogP) is 2.11. The van der Waals surface area contributed by atoms with Gasteiger partial charge in [-0.15, -0.1) is 18.8 Å². The van der Waals surface area contributed by atoms with E-state index in [1.165, 1.54) is 0 Å². The van der Waals surface area contributed by atoms with Crippen LogP contribution in [-0.4, -0.2) is 0 Å². The summed E-state index contributed by atoms with van der Waals surface area (Å²) in [4.78, 5) is 0. The predicted molar refractivity (Wildman–Crippen MR) is 54.2 cm³/mol. The van der Waals surface area contributed by atoms with Gasteiger partial charge in [0.05, 0.1) is 0 Å². The molecule has 0 aliphatic rings. The third kappa shape index (κ3) is 2.58. The molecule has 0 aliphatic heterocycles. The third-order valence-electron chi connectivity index (χ3n) is 1.60. The standard InChI is InChI=1S/C10H11N.ClH/c1-3-9-4-6-10(7-5-9)8(2)11;/h1,4-8H,11H2,2H3;1H. The second-order valence-electron chi connectivity index (χ2n) is 2.56. The van der Waals surface area contributed by atoms with Gasteiger partial charge >= 0.3 is 0 Å². The highest BCUT2D eigenvalue weighted by molar-refractivity contribution is 5.85. The quantitative estimate of drug-likeness (QED) is 0.660. The largest absolute Gasteiger partial charge is 0.324 e. The summed E-state index contributed by atoms with van der Waals surface area (Å²) in [5, 5.41) is 0. The molecule has 0 radical (unpaired) electrons. The normalized spacial score (nSPS) is 11.1. The minimum absolute atomic E-state index is 0. The lowest BCUT2D eigenvalue weighted by molar-refractivity contribution is 0.818. The Morgan fingerprint density at radius 1 is 1.33 bits per heavy atom. The maximum atomic E-state index is 5.65. The molecule has 1 rings (SSSR count). The first-order chi connectivity index (χ1) is 5.24. The van der Waals surface area contributed by atoms with Gasteiger partial charge in [0.1, 0.15) is 0 Å². The van der Waals surface area contributed by atoms with Crippen LogP contribution < -0.4 is 5.73 Å². The summed E-state index contributed by atoms with van der Waals surface area (Å²) in [5.41, 5.74) is 7.67. The van der Waals surface area contributed by atoms with Crippen LogP contribution in [0.25, 0.3) is 0 Å². The highest BCUT2D eigenvalue weighted by Crippen LogP contribution is 2.09. The molecule has 1 nitrogen and oxygen atoms in total. The lowest BCUT2D eigenvalue weighted by atomic mass is 10.1. The summed E-state index contributed by atoms with van der Waals surface area (Å²) in [6, 6.07) is 7.80. The van der Waals surface area contributed by atoms with Crippen LogP contribution in [0.3, 0.4) is 0 Å². The number of hydrogen-bond donors (Lipinski definition) is 1. The van der Waals surface area contributed by atoms with Crippen LogP contribution in [0.2, 0.25) is 0 Å². The first-order valence-corrected chi connectivity index (χ1v) is 3.56. The zero-order valence-corrected chi connectivity index (χ0v) is 7.77. The first-order valence-electron chi connectivity index (χ1n) is 3.56. The average molecular weight is 182 g/mol. The summed E-state index contributed by atoms with van der Waals surface area (Å²) in [5.74, 6) is 2.55. The second kappa shape index (κ2) is 4.82. The molecule has 64 valence electrons. The van der Waals surface area contributed by atoms with Gasteiger partial charge in [0, 0.05) is 11.6 Å². The van der Waals surface area contributed by atoms with Crippen molar-refractivity contribution in [3.05, 3.63) is 35.4 Å². The molecule has 0 saturated carbocycles. The Labute approximate surface area is 79.4 Å². The van der Waals surface area contributed by atoms with Crippen molar-refractivity contribution in [3.8, 4) is 12.3 Å². The fourth-order valence-corrected chi connectivity index (χ4v) is 0.883. The van der Waals surface area contributed by atoms with Crippen molar-refractivity contribution in [1.82, 2.24) is 0 Å². The molecule has 12 heavy (non-hydrogen) atoms. The van der Waals surface area contributed by atoms with E-state index in [1.807, 2.05) is 31.2 Å². The van der Waals surface area contributed by atoms with E-state index < -0.39 is 0 Å². The van der Waals surface area contributed by atoms with Gasteiger partial charge in [-0.05, 0) is 24.6 Å².